The molecule has 1 aliphatic rings. The molecule has 212 valence electrons. The Balaban J connectivity index is 1.56. The van der Waals surface area contributed by atoms with Gasteiger partial charge in [0.05, 0.1) is 19.0 Å². The number of aliphatic hydroxyl groups excluding tert-OH is 1. The highest BCUT2D eigenvalue weighted by atomic mass is 31.2. The van der Waals surface area contributed by atoms with Gasteiger partial charge < -0.3 is 29.9 Å². The second-order valence-corrected chi connectivity index (χ2v) is 11.2. The Morgan fingerprint density at radius 1 is 1.33 bits per heavy atom. The number of nitrogens with two attached hydrogens (primary N) is 1. The molecule has 6 atom stereocenters. The van der Waals surface area contributed by atoms with E-state index in [-0.39, 0.29) is 22.9 Å². The highest BCUT2D eigenvalue weighted by molar-refractivity contribution is 7.52. The number of H-pyrrole nitrogens is 1. The summed E-state index contributed by atoms with van der Waals surface area (Å²) in [5.41, 5.74) is 3.11. The minimum Gasteiger partial charge on any atom is -0.462 e. The molecular weight excluding hydrogens is 535 g/mol. The van der Waals surface area contributed by atoms with Gasteiger partial charge in [-0.25, -0.2) is 9.55 Å². The molecule has 16 heteroatoms. The maximum atomic E-state index is 13.7. The molecule has 0 amide bonds. The number of nitrogens with one attached hydrogen (secondary N) is 2. The third-order valence-electron chi connectivity index (χ3n) is 5.89. The SMILES string of the molecule is CC(C)OC(=O)[C@H](C)NP(=O)(OC[C@H]1O[C@@H](n2cnc3c(=O)[nH]c(N)nc32)[C@](C)(O)[C@@H]1O)Oc1ccccc1. The number of aliphatic hydroxyl groups is 2. The van der Waals surface area contributed by atoms with E-state index in [9.17, 15) is 24.4 Å². The first-order valence-electron chi connectivity index (χ1n) is 12.1. The van der Waals surface area contributed by atoms with Crippen LogP contribution in [0.5, 0.6) is 5.75 Å². The molecule has 1 aliphatic heterocycles. The van der Waals surface area contributed by atoms with E-state index in [2.05, 4.69) is 20.0 Å². The zero-order chi connectivity index (χ0) is 28.5. The fourth-order valence-electron chi connectivity index (χ4n) is 4.00. The Morgan fingerprint density at radius 3 is 2.69 bits per heavy atom. The van der Waals surface area contributed by atoms with Crippen molar-refractivity contribution in [1.82, 2.24) is 24.6 Å². The number of benzene rings is 1. The second kappa shape index (κ2) is 11.0. The molecule has 2 aromatic heterocycles. The van der Waals surface area contributed by atoms with Gasteiger partial charge in [-0.3, -0.25) is 23.7 Å². The number of aromatic nitrogens is 4. The molecule has 0 bridgehead atoms. The first-order chi connectivity index (χ1) is 18.3. The molecule has 0 radical (unpaired) electrons. The van der Waals surface area contributed by atoms with Crippen molar-refractivity contribution in [2.24, 2.45) is 0 Å². The number of aromatic amines is 1. The number of fused-ring (bicyclic) bond motifs is 1. The van der Waals surface area contributed by atoms with E-state index >= 15 is 0 Å². The van der Waals surface area contributed by atoms with Gasteiger partial charge >= 0.3 is 13.7 Å². The van der Waals surface area contributed by atoms with Crippen molar-refractivity contribution in [3.8, 4) is 5.75 Å². The average molecular weight is 567 g/mol. The number of hydrogen-bond acceptors (Lipinski definition) is 12. The Kier molecular flexibility index (Phi) is 8.12. The van der Waals surface area contributed by atoms with Gasteiger partial charge in [0.2, 0.25) is 5.95 Å². The molecule has 0 aliphatic carbocycles. The summed E-state index contributed by atoms with van der Waals surface area (Å²) in [5.74, 6) is -0.670. The average Bonchev–Trinajstić information content (AvgIpc) is 3.36. The zero-order valence-electron chi connectivity index (χ0n) is 21.7. The highest BCUT2D eigenvalue weighted by Crippen LogP contribution is 2.47. The third-order valence-corrected chi connectivity index (χ3v) is 7.54. The zero-order valence-corrected chi connectivity index (χ0v) is 22.6. The summed E-state index contributed by atoms with van der Waals surface area (Å²) < 4.78 is 37.2. The highest BCUT2D eigenvalue weighted by Gasteiger charge is 2.54. The van der Waals surface area contributed by atoms with Crippen LogP contribution < -0.4 is 20.9 Å². The lowest BCUT2D eigenvalue weighted by atomic mass is 9.96. The van der Waals surface area contributed by atoms with Crippen molar-refractivity contribution in [3.63, 3.8) is 0 Å². The van der Waals surface area contributed by atoms with Gasteiger partial charge in [-0.05, 0) is 39.8 Å². The molecule has 4 rings (SSSR count). The molecule has 0 saturated carbocycles. The van der Waals surface area contributed by atoms with Crippen LogP contribution in [0.1, 0.15) is 33.9 Å². The predicted molar refractivity (Wildman–Crippen MR) is 138 cm³/mol. The van der Waals surface area contributed by atoms with Crippen LogP contribution in [0.25, 0.3) is 11.2 Å². The number of carbonyl (C=O) groups excluding carboxylic acids is 1. The summed E-state index contributed by atoms with van der Waals surface area (Å²) in [4.78, 5) is 34.9. The molecule has 1 aromatic carbocycles. The van der Waals surface area contributed by atoms with Crippen LogP contribution in [0.3, 0.4) is 0 Å². The van der Waals surface area contributed by atoms with Crippen LogP contribution >= 0.6 is 7.75 Å². The van der Waals surface area contributed by atoms with Gasteiger partial charge in [0.1, 0.15) is 29.6 Å². The molecule has 3 heterocycles. The van der Waals surface area contributed by atoms with Crippen molar-refractivity contribution in [2.45, 2.75) is 63.9 Å². The van der Waals surface area contributed by atoms with Crippen LogP contribution in [0.15, 0.2) is 41.5 Å². The maximum absolute atomic E-state index is 13.7. The van der Waals surface area contributed by atoms with E-state index in [0.29, 0.717) is 0 Å². The molecule has 3 aromatic rings. The first-order valence-corrected chi connectivity index (χ1v) is 13.6. The van der Waals surface area contributed by atoms with E-state index in [1.807, 2.05) is 0 Å². The van der Waals surface area contributed by atoms with Crippen LogP contribution in [0, 0.1) is 0 Å². The van der Waals surface area contributed by atoms with Crippen molar-refractivity contribution >= 4 is 30.8 Å². The molecule has 15 nitrogen and oxygen atoms in total. The number of nitrogen functional groups attached to an aromatic ring is 1. The number of nitrogens with zero attached hydrogens (tertiary/aromatic N) is 3. The standard InChI is InChI=1S/C23H31N6O9P/c1-12(2)36-20(32)13(3)28-39(34,38-14-8-6-5-7-9-14)35-10-15-17(30)23(4,33)21(37-15)29-11-25-16-18(29)26-22(24)27-19(16)31/h5-9,11-13,15,17,21,30,33H,10H2,1-4H3,(H,28,34)(H3,24,26,27,31)/t13-,15+,17+,21+,23+,39?/m0/s1. The van der Waals surface area contributed by atoms with E-state index in [1.165, 1.54) is 24.7 Å². The number of esters is 1. The summed E-state index contributed by atoms with van der Waals surface area (Å²) in [6.45, 7) is 5.56. The predicted octanol–water partition coefficient (Wildman–Crippen LogP) is 0.845. The summed E-state index contributed by atoms with van der Waals surface area (Å²) in [6.07, 6.45) is -3.24. The van der Waals surface area contributed by atoms with Crippen molar-refractivity contribution in [1.29, 1.82) is 0 Å². The fraction of sp³-hybridized carbons (Fsp3) is 0.478. The van der Waals surface area contributed by atoms with Gasteiger partial charge in [-0.2, -0.15) is 10.1 Å². The largest absolute Gasteiger partial charge is 0.462 e. The van der Waals surface area contributed by atoms with Gasteiger partial charge in [-0.15, -0.1) is 0 Å². The second-order valence-electron chi connectivity index (χ2n) is 9.51. The smallest absolute Gasteiger partial charge is 0.459 e. The molecule has 0 spiro atoms. The van der Waals surface area contributed by atoms with Crippen LogP contribution in [0.4, 0.5) is 5.95 Å². The Labute approximate surface area is 222 Å². The van der Waals surface area contributed by atoms with Crippen LogP contribution in [-0.4, -0.2) is 72.3 Å². The minimum absolute atomic E-state index is 0.0209. The molecular formula is C23H31N6O9P. The van der Waals surface area contributed by atoms with E-state index in [0.717, 1.165) is 0 Å². The van der Waals surface area contributed by atoms with E-state index < -0.39 is 62.1 Å². The van der Waals surface area contributed by atoms with Gasteiger partial charge in [0.25, 0.3) is 5.56 Å². The van der Waals surface area contributed by atoms with Gasteiger partial charge in [0.15, 0.2) is 17.4 Å². The minimum atomic E-state index is -4.26. The molecule has 1 unspecified atom stereocenters. The summed E-state index contributed by atoms with van der Waals surface area (Å²) in [5, 5.41) is 24.6. The number of anilines is 1. The third kappa shape index (κ3) is 6.13. The summed E-state index contributed by atoms with van der Waals surface area (Å²) in [7, 11) is -4.26. The number of imidazole rings is 1. The number of para-hydroxylation sites is 1. The quantitative estimate of drug-likeness (QED) is 0.170. The van der Waals surface area contributed by atoms with Crippen molar-refractivity contribution in [2.75, 3.05) is 12.3 Å². The van der Waals surface area contributed by atoms with Crippen molar-refractivity contribution < 1.29 is 38.1 Å². The Hall–Kier alpha value is -3.33. The van der Waals surface area contributed by atoms with Crippen LogP contribution in [-0.2, 0) is 23.4 Å². The summed E-state index contributed by atoms with van der Waals surface area (Å²) >= 11 is 0. The molecule has 6 N–H and O–H groups in total. The van der Waals surface area contributed by atoms with Gasteiger partial charge in [0, 0.05) is 0 Å². The van der Waals surface area contributed by atoms with Gasteiger partial charge in [-0.1, -0.05) is 18.2 Å². The van der Waals surface area contributed by atoms with Crippen LogP contribution in [0.2, 0.25) is 0 Å². The lowest BCUT2D eigenvalue weighted by Gasteiger charge is -2.27. The lowest BCUT2D eigenvalue weighted by Crippen LogP contribution is -2.44. The van der Waals surface area contributed by atoms with Crippen molar-refractivity contribution in [3.05, 3.63) is 47.0 Å². The Morgan fingerprint density at radius 2 is 2.03 bits per heavy atom. The van der Waals surface area contributed by atoms with E-state index in [4.69, 9.17) is 24.3 Å². The monoisotopic (exact) mass is 566 g/mol. The summed E-state index contributed by atoms with van der Waals surface area (Å²) in [6, 6.07) is 7.04. The molecule has 39 heavy (non-hydrogen) atoms. The maximum Gasteiger partial charge on any atom is 0.459 e. The number of ether oxygens (including phenoxy) is 2. The Bertz CT molecular complexity index is 1430. The fourth-order valence-corrected chi connectivity index (χ4v) is 5.50. The normalized spacial score (nSPS) is 25.5. The van der Waals surface area contributed by atoms with E-state index in [1.54, 1.807) is 44.2 Å². The molecule has 1 fully saturated rings. The topological polar surface area (TPSA) is 213 Å². The number of hydrogen-bond donors (Lipinski definition) is 5. The molecule has 1 saturated heterocycles. The lowest BCUT2D eigenvalue weighted by molar-refractivity contribution is -0.149. The first kappa shape index (κ1) is 28.7. The number of carbonyl (C=O) groups is 1. The number of rotatable bonds is 10.